The Labute approximate surface area is 225 Å². The topological polar surface area (TPSA) is 76.0 Å². The molecular formula is C32H54O5. The van der Waals surface area contributed by atoms with Crippen LogP contribution in [0.15, 0.2) is 0 Å². The first kappa shape index (κ1) is 27.9. The second-order valence-corrected chi connectivity index (χ2v) is 16.0. The van der Waals surface area contributed by atoms with Crippen LogP contribution < -0.4 is 0 Å². The highest BCUT2D eigenvalue weighted by Crippen LogP contribution is 2.76. The summed E-state index contributed by atoms with van der Waals surface area (Å²) in [6.07, 6.45) is 9.74. The van der Waals surface area contributed by atoms with Crippen LogP contribution in [0.1, 0.15) is 127 Å². The molecule has 2 N–H and O–H groups in total. The number of carbonyl (C=O) groups is 1. The number of esters is 1. The Balaban J connectivity index is 1.45. The number of hydrogen-bond donors (Lipinski definition) is 2. The summed E-state index contributed by atoms with van der Waals surface area (Å²) in [4.78, 5) is 11.9. The molecule has 0 bridgehead atoms. The molecule has 0 aromatic rings. The zero-order valence-corrected chi connectivity index (χ0v) is 25.1. The van der Waals surface area contributed by atoms with E-state index in [0.717, 1.165) is 57.8 Å². The molecule has 5 fully saturated rings. The predicted octanol–water partition coefficient (Wildman–Crippen LogP) is 6.43. The fourth-order valence-electron chi connectivity index (χ4n) is 11.5. The first-order valence-corrected chi connectivity index (χ1v) is 15.1. The molecule has 5 rings (SSSR count). The highest BCUT2D eigenvalue weighted by Gasteiger charge is 2.74. The molecule has 5 aliphatic rings. The van der Waals surface area contributed by atoms with Gasteiger partial charge in [-0.1, -0.05) is 34.6 Å². The summed E-state index contributed by atoms with van der Waals surface area (Å²) in [5, 5.41) is 23.2. The van der Waals surface area contributed by atoms with Gasteiger partial charge in [0.1, 0.15) is 6.10 Å². The summed E-state index contributed by atoms with van der Waals surface area (Å²) in [5.41, 5.74) is -2.00. The van der Waals surface area contributed by atoms with Crippen LogP contribution in [0.25, 0.3) is 0 Å². The van der Waals surface area contributed by atoms with Gasteiger partial charge in [0, 0.05) is 12.3 Å². The lowest BCUT2D eigenvalue weighted by Gasteiger charge is -2.70. The number of rotatable bonds is 3. The largest absolute Gasteiger partial charge is 0.462 e. The van der Waals surface area contributed by atoms with Gasteiger partial charge >= 0.3 is 5.97 Å². The minimum Gasteiger partial charge on any atom is -0.462 e. The first-order chi connectivity index (χ1) is 16.9. The minimum atomic E-state index is -0.898. The van der Waals surface area contributed by atoms with E-state index in [1.807, 2.05) is 13.8 Å². The summed E-state index contributed by atoms with van der Waals surface area (Å²) in [6.45, 7) is 19.6. The normalized spacial score (nSPS) is 53.2. The zero-order chi connectivity index (χ0) is 27.4. The van der Waals surface area contributed by atoms with Crippen LogP contribution in [0.3, 0.4) is 0 Å². The fourth-order valence-corrected chi connectivity index (χ4v) is 11.5. The van der Waals surface area contributed by atoms with E-state index in [1.165, 1.54) is 6.42 Å². The smallest absolute Gasteiger partial charge is 0.302 e. The lowest BCUT2D eigenvalue weighted by molar-refractivity contribution is -0.255. The third-order valence-corrected chi connectivity index (χ3v) is 13.7. The molecule has 10 atom stereocenters. The van der Waals surface area contributed by atoms with Gasteiger partial charge in [0.15, 0.2) is 0 Å². The average molecular weight is 519 g/mol. The van der Waals surface area contributed by atoms with Crippen LogP contribution >= 0.6 is 0 Å². The summed E-state index contributed by atoms with van der Waals surface area (Å²) in [6, 6.07) is 0. The van der Waals surface area contributed by atoms with Crippen molar-refractivity contribution < 1.29 is 24.5 Å². The van der Waals surface area contributed by atoms with Gasteiger partial charge in [0.25, 0.3) is 0 Å². The number of hydrogen-bond acceptors (Lipinski definition) is 5. The average Bonchev–Trinajstić information content (AvgIpc) is 3.31. The Kier molecular flexibility index (Phi) is 6.18. The molecule has 3 unspecified atom stereocenters. The number of carbonyl (C=O) groups excluding carboxylic acids is 1. The maximum absolute atomic E-state index is 12.5. The van der Waals surface area contributed by atoms with Crippen molar-refractivity contribution in [2.45, 2.75) is 156 Å². The standard InChI is InChI=1S/C32H54O5/c1-20(33)36-24-13-15-28(6)21(26(24,2)3)12-16-29(7)22(28)10-11-23-30(29,8)18-19-32(23,35)31(9)17-14-25(37-31)27(4,5)34/h21-25,34-35H,10-19H2,1-9H3/t21?,22?,23?,24-,25-,28+,29-,30-,31+,32-/m1/s1. The zero-order valence-electron chi connectivity index (χ0n) is 25.1. The van der Waals surface area contributed by atoms with Crippen molar-refractivity contribution in [2.24, 2.45) is 39.4 Å². The van der Waals surface area contributed by atoms with E-state index in [0.29, 0.717) is 11.8 Å². The molecule has 0 amide bonds. The Morgan fingerprint density at radius 2 is 1.43 bits per heavy atom. The van der Waals surface area contributed by atoms with Gasteiger partial charge in [-0.15, -0.1) is 0 Å². The Hall–Kier alpha value is -0.650. The molecule has 1 saturated heterocycles. The molecule has 212 valence electrons. The second-order valence-electron chi connectivity index (χ2n) is 16.0. The summed E-state index contributed by atoms with van der Waals surface area (Å²) in [5.74, 6) is 1.17. The van der Waals surface area contributed by atoms with Crippen LogP contribution in [0.4, 0.5) is 0 Å². The fraction of sp³-hybridized carbons (Fsp3) is 0.969. The summed E-state index contributed by atoms with van der Waals surface area (Å²) in [7, 11) is 0. The lowest BCUT2D eigenvalue weighted by atomic mass is 9.35. The Morgan fingerprint density at radius 1 is 0.811 bits per heavy atom. The molecule has 37 heavy (non-hydrogen) atoms. The molecule has 0 spiro atoms. The van der Waals surface area contributed by atoms with Crippen molar-refractivity contribution in [1.82, 2.24) is 0 Å². The molecule has 4 aliphatic carbocycles. The van der Waals surface area contributed by atoms with Crippen molar-refractivity contribution >= 4 is 5.97 Å². The molecule has 5 nitrogen and oxygen atoms in total. The van der Waals surface area contributed by atoms with Crippen molar-refractivity contribution in [3.63, 3.8) is 0 Å². The van der Waals surface area contributed by atoms with Gasteiger partial charge in [0.05, 0.1) is 22.9 Å². The van der Waals surface area contributed by atoms with E-state index >= 15 is 0 Å². The van der Waals surface area contributed by atoms with Crippen molar-refractivity contribution in [3.05, 3.63) is 0 Å². The minimum absolute atomic E-state index is 0.000819. The Bertz CT molecular complexity index is 938. The third-order valence-electron chi connectivity index (χ3n) is 13.7. The van der Waals surface area contributed by atoms with Crippen molar-refractivity contribution in [1.29, 1.82) is 0 Å². The monoisotopic (exact) mass is 518 g/mol. The molecule has 0 aromatic carbocycles. The number of fused-ring (bicyclic) bond motifs is 5. The molecule has 0 radical (unpaired) electrons. The van der Waals surface area contributed by atoms with E-state index in [9.17, 15) is 15.0 Å². The van der Waals surface area contributed by atoms with E-state index in [1.54, 1.807) is 6.92 Å². The number of aliphatic hydroxyl groups is 2. The molecule has 5 heteroatoms. The van der Waals surface area contributed by atoms with E-state index in [4.69, 9.17) is 9.47 Å². The SMILES string of the molecule is CC(=O)O[C@@H]1CC[C@@]2(C)C(CC[C@]3(C)C2CCC2[C@@](O)([C@]4(C)CC[C@H](C(C)(C)O)O4)CC[C@]23C)C1(C)C. The van der Waals surface area contributed by atoms with Gasteiger partial charge < -0.3 is 19.7 Å². The quantitative estimate of drug-likeness (QED) is 0.421. The van der Waals surface area contributed by atoms with Gasteiger partial charge in [-0.2, -0.15) is 0 Å². The molecule has 1 aliphatic heterocycles. The van der Waals surface area contributed by atoms with Gasteiger partial charge in [-0.25, -0.2) is 0 Å². The van der Waals surface area contributed by atoms with Gasteiger partial charge in [-0.05, 0) is 119 Å². The Morgan fingerprint density at radius 3 is 2.03 bits per heavy atom. The van der Waals surface area contributed by atoms with Crippen LogP contribution in [0.2, 0.25) is 0 Å². The van der Waals surface area contributed by atoms with Crippen LogP contribution in [-0.2, 0) is 14.3 Å². The maximum atomic E-state index is 12.5. The lowest BCUT2D eigenvalue weighted by Crippen LogP contribution is -2.66. The number of ether oxygens (including phenoxy) is 2. The summed E-state index contributed by atoms with van der Waals surface area (Å²) < 4.78 is 12.5. The van der Waals surface area contributed by atoms with E-state index < -0.39 is 16.8 Å². The summed E-state index contributed by atoms with van der Waals surface area (Å²) >= 11 is 0. The van der Waals surface area contributed by atoms with E-state index in [2.05, 4.69) is 41.5 Å². The molecular weight excluding hydrogens is 464 g/mol. The van der Waals surface area contributed by atoms with Crippen LogP contribution in [0.5, 0.6) is 0 Å². The van der Waals surface area contributed by atoms with Gasteiger partial charge in [0.2, 0.25) is 0 Å². The van der Waals surface area contributed by atoms with Crippen molar-refractivity contribution in [2.75, 3.05) is 0 Å². The highest BCUT2D eigenvalue weighted by atomic mass is 16.5. The van der Waals surface area contributed by atoms with E-state index in [-0.39, 0.29) is 45.8 Å². The third kappa shape index (κ3) is 3.61. The highest BCUT2D eigenvalue weighted by molar-refractivity contribution is 5.66. The van der Waals surface area contributed by atoms with Crippen LogP contribution in [0, 0.1) is 39.4 Å². The first-order valence-electron chi connectivity index (χ1n) is 15.1. The second kappa shape index (κ2) is 8.19. The van der Waals surface area contributed by atoms with Crippen molar-refractivity contribution in [3.8, 4) is 0 Å². The maximum Gasteiger partial charge on any atom is 0.302 e. The molecule has 4 saturated carbocycles. The van der Waals surface area contributed by atoms with Gasteiger partial charge in [-0.3, -0.25) is 4.79 Å². The predicted molar refractivity (Wildman–Crippen MR) is 145 cm³/mol. The molecule has 0 aromatic heterocycles. The molecule has 1 heterocycles. The van der Waals surface area contributed by atoms with Crippen LogP contribution in [-0.4, -0.2) is 45.2 Å².